The number of aryl methyl sites for hydroxylation is 1. The van der Waals surface area contributed by atoms with Crippen molar-refractivity contribution in [3.05, 3.63) is 12.4 Å². The average Bonchev–Trinajstić information content (AvgIpc) is 2.47. The first-order chi connectivity index (χ1) is 6.09. The fourth-order valence-electron chi connectivity index (χ4n) is 0.714. The first-order valence-corrected chi connectivity index (χ1v) is 5.00. The number of aromatic nitrogens is 2. The van der Waals surface area contributed by atoms with Gasteiger partial charge in [-0.15, -0.1) is 23.4 Å². The molecule has 0 aliphatic rings. The number of halogens is 1. The summed E-state index contributed by atoms with van der Waals surface area (Å²) >= 11 is 6.91. The van der Waals surface area contributed by atoms with E-state index in [4.69, 9.17) is 16.7 Å². The largest absolute Gasteiger partial charge is 0.480 e. The van der Waals surface area contributed by atoms with Crippen molar-refractivity contribution in [2.24, 2.45) is 7.05 Å². The first-order valence-electron chi connectivity index (χ1n) is 3.58. The second kappa shape index (κ2) is 4.53. The van der Waals surface area contributed by atoms with Crippen molar-refractivity contribution in [3.8, 4) is 0 Å². The van der Waals surface area contributed by atoms with E-state index in [9.17, 15) is 4.79 Å². The van der Waals surface area contributed by atoms with E-state index in [1.165, 1.54) is 11.8 Å². The highest BCUT2D eigenvalue weighted by Gasteiger charge is 2.13. The molecule has 0 radical (unpaired) electrons. The van der Waals surface area contributed by atoms with E-state index < -0.39 is 11.3 Å². The molecule has 6 heteroatoms. The van der Waals surface area contributed by atoms with Crippen LogP contribution < -0.4 is 0 Å². The Morgan fingerprint density at radius 1 is 1.92 bits per heavy atom. The maximum absolute atomic E-state index is 10.4. The Balaban J connectivity index is 2.39. The molecule has 0 spiro atoms. The lowest BCUT2D eigenvalue weighted by Crippen LogP contribution is -2.15. The van der Waals surface area contributed by atoms with Crippen LogP contribution in [0, 0.1) is 0 Å². The van der Waals surface area contributed by atoms with Crippen LogP contribution in [0.3, 0.4) is 0 Å². The Morgan fingerprint density at radius 3 is 3.08 bits per heavy atom. The monoisotopic (exact) mass is 220 g/mol. The highest BCUT2D eigenvalue weighted by molar-refractivity contribution is 7.99. The first kappa shape index (κ1) is 10.4. The number of carboxylic acids is 1. The minimum atomic E-state index is -0.988. The van der Waals surface area contributed by atoms with Crippen LogP contribution in [0.2, 0.25) is 0 Å². The van der Waals surface area contributed by atoms with Crippen LogP contribution in [0.4, 0.5) is 0 Å². The highest BCUT2D eigenvalue weighted by atomic mass is 35.5. The molecular formula is C7H9ClN2O2S. The van der Waals surface area contributed by atoms with Gasteiger partial charge in [0, 0.05) is 23.9 Å². The predicted molar refractivity (Wildman–Crippen MR) is 51.2 cm³/mol. The number of alkyl halides is 1. The van der Waals surface area contributed by atoms with Crippen molar-refractivity contribution in [2.45, 2.75) is 10.3 Å². The van der Waals surface area contributed by atoms with Crippen LogP contribution in [0.15, 0.2) is 17.3 Å². The molecule has 72 valence electrons. The van der Waals surface area contributed by atoms with E-state index in [-0.39, 0.29) is 0 Å². The number of carbonyl (C=O) groups is 1. The lowest BCUT2D eigenvalue weighted by Gasteiger charge is -2.00. The van der Waals surface area contributed by atoms with E-state index in [2.05, 4.69) is 5.10 Å². The second-order valence-electron chi connectivity index (χ2n) is 2.47. The summed E-state index contributed by atoms with van der Waals surface area (Å²) in [6, 6.07) is 0. The fraction of sp³-hybridized carbons (Fsp3) is 0.429. The number of nitrogens with zero attached hydrogens (tertiary/aromatic N) is 2. The summed E-state index contributed by atoms with van der Waals surface area (Å²) < 4.78 is 1.66. The maximum atomic E-state index is 10.4. The van der Waals surface area contributed by atoms with E-state index >= 15 is 0 Å². The van der Waals surface area contributed by atoms with Gasteiger partial charge in [-0.3, -0.25) is 9.48 Å². The molecule has 1 atom stereocenters. The zero-order valence-electron chi connectivity index (χ0n) is 6.98. The van der Waals surface area contributed by atoms with Gasteiger partial charge in [0.25, 0.3) is 0 Å². The molecule has 4 nitrogen and oxygen atoms in total. The molecule has 1 unspecified atom stereocenters. The molecule has 0 aliphatic heterocycles. The summed E-state index contributed by atoms with van der Waals surface area (Å²) in [5, 5.41) is 11.6. The summed E-state index contributed by atoms with van der Waals surface area (Å²) in [6.07, 6.45) is 3.49. The summed E-state index contributed by atoms with van der Waals surface area (Å²) in [5.74, 6) is -0.638. The number of aliphatic carboxylic acids is 1. The molecule has 0 aromatic carbocycles. The van der Waals surface area contributed by atoms with Crippen molar-refractivity contribution in [1.82, 2.24) is 9.78 Å². The van der Waals surface area contributed by atoms with Gasteiger partial charge in [0.2, 0.25) is 0 Å². The summed E-state index contributed by atoms with van der Waals surface area (Å²) in [5.41, 5.74) is 0. The van der Waals surface area contributed by atoms with Gasteiger partial charge in [0.05, 0.1) is 6.20 Å². The Bertz CT molecular complexity index is 302. The lowest BCUT2D eigenvalue weighted by molar-refractivity contribution is -0.136. The molecule has 0 saturated heterocycles. The molecule has 0 amide bonds. The molecule has 0 bridgehead atoms. The SMILES string of the molecule is Cn1cc(SCC(Cl)C(=O)O)cn1. The molecule has 1 heterocycles. The molecule has 1 aromatic heterocycles. The summed E-state index contributed by atoms with van der Waals surface area (Å²) in [7, 11) is 1.80. The van der Waals surface area contributed by atoms with Crippen LogP contribution in [0.5, 0.6) is 0 Å². The molecule has 1 aromatic rings. The number of hydrogen-bond donors (Lipinski definition) is 1. The van der Waals surface area contributed by atoms with Crippen molar-refractivity contribution in [2.75, 3.05) is 5.75 Å². The van der Waals surface area contributed by atoms with Gasteiger partial charge in [-0.2, -0.15) is 5.10 Å². The van der Waals surface area contributed by atoms with Gasteiger partial charge >= 0.3 is 5.97 Å². The standard InChI is InChI=1S/C7H9ClN2O2S/c1-10-3-5(2-9-10)13-4-6(8)7(11)12/h2-3,6H,4H2,1H3,(H,11,12). The molecule has 0 fully saturated rings. The molecular weight excluding hydrogens is 212 g/mol. The van der Waals surface area contributed by atoms with Gasteiger partial charge in [-0.05, 0) is 0 Å². The third-order valence-electron chi connectivity index (χ3n) is 1.35. The van der Waals surface area contributed by atoms with Crippen LogP contribution in [-0.4, -0.2) is 32.0 Å². The fourth-order valence-corrected chi connectivity index (χ4v) is 1.73. The zero-order valence-corrected chi connectivity index (χ0v) is 8.55. The van der Waals surface area contributed by atoms with Crippen molar-refractivity contribution < 1.29 is 9.90 Å². The van der Waals surface area contributed by atoms with Crippen LogP contribution in [-0.2, 0) is 11.8 Å². The average molecular weight is 221 g/mol. The second-order valence-corrected chi connectivity index (χ2v) is 4.09. The number of carboxylic acid groups (broad SMARTS) is 1. The molecule has 1 rings (SSSR count). The molecule has 0 saturated carbocycles. The molecule has 13 heavy (non-hydrogen) atoms. The lowest BCUT2D eigenvalue weighted by atomic mass is 10.5. The van der Waals surface area contributed by atoms with Crippen LogP contribution in [0.25, 0.3) is 0 Å². The zero-order chi connectivity index (χ0) is 9.84. The highest BCUT2D eigenvalue weighted by Crippen LogP contribution is 2.19. The Hall–Kier alpha value is -0.680. The van der Waals surface area contributed by atoms with Gasteiger partial charge in [-0.1, -0.05) is 0 Å². The summed E-state index contributed by atoms with van der Waals surface area (Å²) in [6.45, 7) is 0. The van der Waals surface area contributed by atoms with Gasteiger partial charge in [0.1, 0.15) is 5.38 Å². The van der Waals surface area contributed by atoms with E-state index in [0.29, 0.717) is 5.75 Å². The van der Waals surface area contributed by atoms with Crippen LogP contribution >= 0.6 is 23.4 Å². The maximum Gasteiger partial charge on any atom is 0.322 e. The van der Waals surface area contributed by atoms with Gasteiger partial charge < -0.3 is 5.11 Å². The smallest absolute Gasteiger partial charge is 0.322 e. The van der Waals surface area contributed by atoms with E-state index in [1.54, 1.807) is 17.9 Å². The number of hydrogen-bond acceptors (Lipinski definition) is 3. The normalized spacial score (nSPS) is 12.8. The third kappa shape index (κ3) is 3.28. The topological polar surface area (TPSA) is 55.1 Å². The van der Waals surface area contributed by atoms with E-state index in [0.717, 1.165) is 4.90 Å². The van der Waals surface area contributed by atoms with Crippen molar-refractivity contribution >= 4 is 29.3 Å². The Morgan fingerprint density at radius 2 is 2.62 bits per heavy atom. The number of thioether (sulfide) groups is 1. The third-order valence-corrected chi connectivity index (χ3v) is 2.91. The molecule has 0 aliphatic carbocycles. The molecule has 1 N–H and O–H groups in total. The number of rotatable bonds is 4. The Labute approximate surface area is 84.9 Å². The van der Waals surface area contributed by atoms with Crippen molar-refractivity contribution in [1.29, 1.82) is 0 Å². The summed E-state index contributed by atoms with van der Waals surface area (Å²) in [4.78, 5) is 11.3. The minimum absolute atomic E-state index is 0.350. The van der Waals surface area contributed by atoms with Gasteiger partial charge in [-0.25, -0.2) is 0 Å². The van der Waals surface area contributed by atoms with Crippen LogP contribution in [0.1, 0.15) is 0 Å². The predicted octanol–water partition coefficient (Wildman–Crippen LogP) is 1.20. The van der Waals surface area contributed by atoms with E-state index in [1.807, 2.05) is 6.20 Å². The van der Waals surface area contributed by atoms with Crippen molar-refractivity contribution in [3.63, 3.8) is 0 Å². The van der Waals surface area contributed by atoms with Gasteiger partial charge in [0.15, 0.2) is 0 Å². The quantitative estimate of drug-likeness (QED) is 0.612. The Kier molecular flexibility index (Phi) is 3.62. The minimum Gasteiger partial charge on any atom is -0.480 e.